The molecule has 1 heterocycles. The van der Waals surface area contributed by atoms with Gasteiger partial charge < -0.3 is 15.5 Å². The summed E-state index contributed by atoms with van der Waals surface area (Å²) in [6.07, 6.45) is 4.41. The van der Waals surface area contributed by atoms with Crippen molar-refractivity contribution in [1.29, 1.82) is 0 Å². The summed E-state index contributed by atoms with van der Waals surface area (Å²) in [5.74, 6) is 1.13. The largest absolute Gasteiger partial charge is 0.417 e. The molecular weight excluding hydrogens is 352 g/mol. The minimum absolute atomic E-state index is 0.233. The Morgan fingerprint density at radius 2 is 1.85 bits per heavy atom. The van der Waals surface area contributed by atoms with Crippen LogP contribution in [0.1, 0.15) is 53.4 Å². The van der Waals surface area contributed by atoms with Crippen LogP contribution >= 0.6 is 0 Å². The number of rotatable bonds is 9. The van der Waals surface area contributed by atoms with Crippen LogP contribution in [0.15, 0.2) is 24.3 Å². The Balaban J connectivity index is 2.11. The number of nitrogens with two attached hydrogens (primary N) is 1. The lowest BCUT2D eigenvalue weighted by molar-refractivity contribution is 0.272. The topological polar surface area (TPSA) is 73.1 Å². The van der Waals surface area contributed by atoms with Gasteiger partial charge in [-0.1, -0.05) is 52.7 Å². The van der Waals surface area contributed by atoms with Crippen molar-refractivity contribution in [2.75, 3.05) is 17.7 Å². The van der Waals surface area contributed by atoms with Crippen LogP contribution in [0.25, 0.3) is 10.9 Å². The molecule has 0 saturated heterocycles. The number of unbranched alkanes of at least 4 members (excludes halogenated alkanes) is 1. The first-order valence-corrected chi connectivity index (χ1v) is 13.0. The lowest BCUT2D eigenvalue weighted by Crippen LogP contribution is -2.41. The molecule has 0 aliphatic heterocycles. The van der Waals surface area contributed by atoms with Crippen molar-refractivity contribution >= 4 is 31.0 Å². The van der Waals surface area contributed by atoms with Gasteiger partial charge in [0.2, 0.25) is 5.95 Å². The number of nitrogens with one attached hydrogen (secondary N) is 1. The van der Waals surface area contributed by atoms with Crippen molar-refractivity contribution in [3.63, 3.8) is 0 Å². The van der Waals surface area contributed by atoms with E-state index in [9.17, 15) is 0 Å². The summed E-state index contributed by atoms with van der Waals surface area (Å²) in [6.45, 7) is 14.4. The van der Waals surface area contributed by atoms with Gasteiger partial charge in [-0.15, -0.1) is 0 Å². The second-order valence-corrected chi connectivity index (χ2v) is 13.6. The van der Waals surface area contributed by atoms with E-state index in [1.54, 1.807) is 0 Å². The fraction of sp³-hybridized carbons (Fsp3) is 0.619. The average molecular weight is 389 g/mol. The number of benzene rings is 1. The maximum Gasteiger partial charge on any atom is 0.222 e. The zero-order chi connectivity index (χ0) is 20.1. The molecule has 0 aliphatic carbocycles. The Morgan fingerprint density at radius 3 is 2.52 bits per heavy atom. The van der Waals surface area contributed by atoms with Crippen molar-refractivity contribution in [2.45, 2.75) is 77.6 Å². The molecule has 2 rings (SSSR count). The number of nitrogen functional groups attached to an aromatic ring is 1. The van der Waals surface area contributed by atoms with Crippen LogP contribution in [-0.2, 0) is 4.43 Å². The van der Waals surface area contributed by atoms with Crippen LogP contribution in [0.5, 0.6) is 0 Å². The van der Waals surface area contributed by atoms with E-state index in [1.165, 1.54) is 12.8 Å². The number of hydrogen-bond acceptors (Lipinski definition) is 5. The highest BCUT2D eigenvalue weighted by atomic mass is 28.4. The Hall–Kier alpha value is -1.66. The van der Waals surface area contributed by atoms with Crippen LogP contribution in [0.2, 0.25) is 18.1 Å². The van der Waals surface area contributed by atoms with E-state index >= 15 is 0 Å². The molecule has 0 saturated carbocycles. The zero-order valence-corrected chi connectivity index (χ0v) is 18.8. The molecule has 27 heavy (non-hydrogen) atoms. The van der Waals surface area contributed by atoms with Gasteiger partial charge in [-0.05, 0) is 43.1 Å². The fourth-order valence-corrected chi connectivity index (χ4v) is 3.87. The summed E-state index contributed by atoms with van der Waals surface area (Å²) in [7, 11) is -1.72. The summed E-state index contributed by atoms with van der Waals surface area (Å²) >= 11 is 0. The van der Waals surface area contributed by atoms with Gasteiger partial charge in [-0.2, -0.15) is 4.98 Å². The molecular formula is C21H36N4OSi. The molecule has 3 N–H and O–H groups in total. The summed E-state index contributed by atoms with van der Waals surface area (Å²) in [4.78, 5) is 8.80. The van der Waals surface area contributed by atoms with Gasteiger partial charge in [0.1, 0.15) is 5.82 Å². The fourth-order valence-electron chi connectivity index (χ4n) is 2.81. The molecule has 1 aromatic heterocycles. The minimum Gasteiger partial charge on any atom is -0.417 e. The maximum absolute atomic E-state index is 6.39. The smallest absolute Gasteiger partial charge is 0.222 e. The first-order valence-electron chi connectivity index (χ1n) is 10.1. The molecule has 0 unspecified atom stereocenters. The lowest BCUT2D eigenvalue weighted by atomic mass is 10.1. The summed E-state index contributed by atoms with van der Waals surface area (Å²) in [6, 6.07) is 8.31. The third-order valence-electron chi connectivity index (χ3n) is 5.60. The lowest BCUT2D eigenvalue weighted by Gasteiger charge is -2.36. The van der Waals surface area contributed by atoms with Crippen molar-refractivity contribution < 1.29 is 4.43 Å². The monoisotopic (exact) mass is 388 g/mol. The van der Waals surface area contributed by atoms with Gasteiger partial charge in [0.15, 0.2) is 8.32 Å². The van der Waals surface area contributed by atoms with E-state index in [1.807, 2.05) is 24.3 Å². The number of hydrogen-bond donors (Lipinski definition) is 2. The van der Waals surface area contributed by atoms with Crippen molar-refractivity contribution in [3.8, 4) is 0 Å². The average Bonchev–Trinajstić information content (AvgIpc) is 2.58. The van der Waals surface area contributed by atoms with Crippen molar-refractivity contribution in [3.05, 3.63) is 24.3 Å². The van der Waals surface area contributed by atoms with Gasteiger partial charge in [0, 0.05) is 18.0 Å². The van der Waals surface area contributed by atoms with Crippen molar-refractivity contribution in [1.82, 2.24) is 9.97 Å². The SMILES string of the molecule is CCCC[C@@H](CCO[Si](C)(C)C(C)(C)C)Nc1nc(N)nc2ccccc12. The highest BCUT2D eigenvalue weighted by molar-refractivity contribution is 6.74. The Labute approximate surface area is 165 Å². The minimum atomic E-state index is -1.72. The van der Waals surface area contributed by atoms with E-state index in [2.05, 4.69) is 56.1 Å². The molecule has 0 bridgehead atoms. The third kappa shape index (κ3) is 5.91. The number of nitrogens with zero attached hydrogens (tertiary/aromatic N) is 2. The maximum atomic E-state index is 6.39. The van der Waals surface area contributed by atoms with E-state index in [0.29, 0.717) is 12.0 Å². The van der Waals surface area contributed by atoms with Crippen LogP contribution in [0, 0.1) is 0 Å². The summed E-state index contributed by atoms with van der Waals surface area (Å²) in [5, 5.41) is 4.87. The van der Waals surface area contributed by atoms with Crippen LogP contribution in [0.4, 0.5) is 11.8 Å². The predicted molar refractivity (Wildman–Crippen MR) is 119 cm³/mol. The third-order valence-corrected chi connectivity index (χ3v) is 10.1. The van der Waals surface area contributed by atoms with Gasteiger partial charge in [-0.3, -0.25) is 0 Å². The zero-order valence-electron chi connectivity index (χ0n) is 17.8. The van der Waals surface area contributed by atoms with Gasteiger partial charge >= 0.3 is 0 Å². The normalized spacial score (nSPS) is 13.7. The Bertz CT molecular complexity index is 743. The molecule has 1 atom stereocenters. The highest BCUT2D eigenvalue weighted by Gasteiger charge is 2.37. The van der Waals surface area contributed by atoms with Gasteiger partial charge in [-0.25, -0.2) is 4.98 Å². The van der Waals surface area contributed by atoms with Crippen LogP contribution < -0.4 is 11.1 Å². The molecule has 6 heteroatoms. The Morgan fingerprint density at radius 1 is 1.15 bits per heavy atom. The predicted octanol–water partition coefficient (Wildman–Crippen LogP) is 5.59. The first-order chi connectivity index (χ1) is 12.6. The summed E-state index contributed by atoms with van der Waals surface area (Å²) < 4.78 is 6.39. The van der Waals surface area contributed by atoms with Gasteiger partial charge in [0.25, 0.3) is 0 Å². The van der Waals surface area contributed by atoms with Crippen LogP contribution in [-0.4, -0.2) is 30.9 Å². The van der Waals surface area contributed by atoms with E-state index < -0.39 is 8.32 Å². The number of para-hydroxylation sites is 1. The van der Waals surface area contributed by atoms with Gasteiger partial charge in [0.05, 0.1) is 5.52 Å². The van der Waals surface area contributed by atoms with E-state index in [-0.39, 0.29) is 5.04 Å². The molecule has 0 radical (unpaired) electrons. The number of fused-ring (bicyclic) bond motifs is 1. The molecule has 150 valence electrons. The quantitative estimate of drug-likeness (QED) is 0.547. The standard InChI is InChI=1S/C21H36N4OSi/c1-7-8-11-16(14-15-26-27(5,6)21(2,3)4)23-19-17-12-9-10-13-18(17)24-20(22)25-19/h9-10,12-13,16H,7-8,11,14-15H2,1-6H3,(H3,22,23,24,25)/t16-/m0/s1. The second kappa shape index (κ2) is 9.02. The molecule has 1 aromatic carbocycles. The molecule has 0 spiro atoms. The molecule has 0 aliphatic rings. The van der Waals surface area contributed by atoms with Crippen molar-refractivity contribution in [2.24, 2.45) is 0 Å². The second-order valence-electron chi connectivity index (χ2n) is 8.83. The Kier molecular flexibility index (Phi) is 7.23. The molecule has 0 amide bonds. The molecule has 0 fully saturated rings. The highest BCUT2D eigenvalue weighted by Crippen LogP contribution is 2.36. The van der Waals surface area contributed by atoms with E-state index in [4.69, 9.17) is 10.2 Å². The van der Waals surface area contributed by atoms with E-state index in [0.717, 1.165) is 36.2 Å². The number of anilines is 2. The van der Waals surface area contributed by atoms with Crippen LogP contribution in [0.3, 0.4) is 0 Å². The first kappa shape index (κ1) is 21.6. The summed E-state index contributed by atoms with van der Waals surface area (Å²) in [5.41, 5.74) is 6.80. The number of aromatic nitrogens is 2. The molecule has 5 nitrogen and oxygen atoms in total. The molecule has 2 aromatic rings.